The average Bonchev–Trinajstić information content (AvgIpc) is 2.56. The summed E-state index contributed by atoms with van der Waals surface area (Å²) in [7, 11) is 3.47. The van der Waals surface area contributed by atoms with Crippen molar-refractivity contribution in [2.45, 2.75) is 12.8 Å². The zero-order valence-corrected chi connectivity index (χ0v) is 11.4. The molecule has 0 atom stereocenters. The molecule has 0 saturated heterocycles. The van der Waals surface area contributed by atoms with E-state index in [0.717, 1.165) is 4.47 Å². The van der Waals surface area contributed by atoms with Gasteiger partial charge in [-0.25, -0.2) is 0 Å². The highest BCUT2D eigenvalue weighted by Crippen LogP contribution is 2.15. The van der Waals surface area contributed by atoms with E-state index in [-0.39, 0.29) is 12.3 Å². The maximum atomic E-state index is 12.0. The first-order valence-electron chi connectivity index (χ1n) is 5.21. The van der Waals surface area contributed by atoms with E-state index in [4.69, 9.17) is 5.11 Å². The standard InChI is InChI=1S/C11H15BrN2O3/c1-13(5-3-4-10(15)16)11(17)9-6-8(12)7-14(9)2/h6-7H,3-5H2,1-2H3,(H,15,16). The Morgan fingerprint density at radius 2 is 2.18 bits per heavy atom. The Bertz CT molecular complexity index is 428. The fourth-order valence-corrected chi connectivity index (χ4v) is 2.03. The molecule has 94 valence electrons. The van der Waals surface area contributed by atoms with Crippen LogP contribution in [-0.2, 0) is 11.8 Å². The lowest BCUT2D eigenvalue weighted by Gasteiger charge is -2.16. The fraction of sp³-hybridized carbons (Fsp3) is 0.455. The zero-order valence-electron chi connectivity index (χ0n) is 9.81. The maximum Gasteiger partial charge on any atom is 0.303 e. The first-order chi connectivity index (χ1) is 7.91. The minimum absolute atomic E-state index is 0.0778. The Kier molecular flexibility index (Phi) is 4.74. The maximum absolute atomic E-state index is 12.0. The number of hydrogen-bond donors (Lipinski definition) is 1. The van der Waals surface area contributed by atoms with Gasteiger partial charge in [0.15, 0.2) is 0 Å². The lowest BCUT2D eigenvalue weighted by Crippen LogP contribution is -2.29. The van der Waals surface area contributed by atoms with Crippen LogP contribution in [0.5, 0.6) is 0 Å². The number of amides is 1. The van der Waals surface area contributed by atoms with Crippen LogP contribution in [0.3, 0.4) is 0 Å². The summed E-state index contributed by atoms with van der Waals surface area (Å²) < 4.78 is 2.59. The van der Waals surface area contributed by atoms with Gasteiger partial charge in [-0.1, -0.05) is 0 Å². The molecule has 5 nitrogen and oxygen atoms in total. The molecule has 1 aromatic heterocycles. The number of carboxylic acid groups (broad SMARTS) is 1. The van der Waals surface area contributed by atoms with E-state index in [2.05, 4.69) is 15.9 Å². The first kappa shape index (κ1) is 13.8. The van der Waals surface area contributed by atoms with Crippen molar-refractivity contribution in [3.63, 3.8) is 0 Å². The predicted octanol–water partition coefficient (Wildman–Crippen LogP) is 1.72. The molecule has 0 aromatic carbocycles. The van der Waals surface area contributed by atoms with Crippen molar-refractivity contribution in [1.82, 2.24) is 9.47 Å². The van der Waals surface area contributed by atoms with Crippen molar-refractivity contribution in [3.05, 3.63) is 22.4 Å². The van der Waals surface area contributed by atoms with Gasteiger partial charge in [0, 0.05) is 37.7 Å². The monoisotopic (exact) mass is 302 g/mol. The lowest BCUT2D eigenvalue weighted by molar-refractivity contribution is -0.137. The number of carbonyl (C=O) groups is 2. The molecule has 0 aliphatic rings. The van der Waals surface area contributed by atoms with E-state index in [9.17, 15) is 9.59 Å². The molecule has 0 spiro atoms. The average molecular weight is 303 g/mol. The second-order valence-electron chi connectivity index (χ2n) is 3.88. The zero-order chi connectivity index (χ0) is 13.0. The van der Waals surface area contributed by atoms with E-state index < -0.39 is 5.97 Å². The Morgan fingerprint density at radius 3 is 2.65 bits per heavy atom. The molecule has 0 bridgehead atoms. The van der Waals surface area contributed by atoms with Crippen LogP contribution in [0.2, 0.25) is 0 Å². The fourth-order valence-electron chi connectivity index (χ4n) is 1.50. The predicted molar refractivity (Wildman–Crippen MR) is 66.9 cm³/mol. The molecule has 6 heteroatoms. The molecular formula is C11H15BrN2O3. The van der Waals surface area contributed by atoms with Gasteiger partial charge in [0.05, 0.1) is 0 Å². The summed E-state index contributed by atoms with van der Waals surface area (Å²) in [6.07, 6.45) is 2.34. The Balaban J connectivity index is 2.57. The molecule has 0 unspecified atom stereocenters. The summed E-state index contributed by atoms with van der Waals surface area (Å²) in [4.78, 5) is 23.9. The number of carbonyl (C=O) groups excluding carboxylic acids is 1. The minimum atomic E-state index is -0.840. The van der Waals surface area contributed by atoms with Gasteiger partial charge in [-0.2, -0.15) is 0 Å². The lowest BCUT2D eigenvalue weighted by atomic mass is 10.3. The second kappa shape index (κ2) is 5.86. The van der Waals surface area contributed by atoms with Gasteiger partial charge < -0.3 is 14.6 Å². The van der Waals surface area contributed by atoms with Crippen LogP contribution in [0.15, 0.2) is 16.7 Å². The van der Waals surface area contributed by atoms with E-state index >= 15 is 0 Å². The van der Waals surface area contributed by atoms with Crippen molar-refractivity contribution in [3.8, 4) is 0 Å². The number of aryl methyl sites for hydroxylation is 1. The van der Waals surface area contributed by atoms with Crippen molar-refractivity contribution in [2.24, 2.45) is 7.05 Å². The highest BCUT2D eigenvalue weighted by molar-refractivity contribution is 9.10. The van der Waals surface area contributed by atoms with Crippen LogP contribution in [0.25, 0.3) is 0 Å². The smallest absolute Gasteiger partial charge is 0.303 e. The van der Waals surface area contributed by atoms with Crippen LogP contribution >= 0.6 is 15.9 Å². The second-order valence-corrected chi connectivity index (χ2v) is 4.79. The molecule has 0 saturated carbocycles. The number of aliphatic carboxylic acids is 1. The quantitative estimate of drug-likeness (QED) is 0.901. The van der Waals surface area contributed by atoms with Crippen LogP contribution in [0, 0.1) is 0 Å². The van der Waals surface area contributed by atoms with E-state index in [1.807, 2.05) is 0 Å². The van der Waals surface area contributed by atoms with E-state index in [1.54, 1.807) is 30.9 Å². The van der Waals surface area contributed by atoms with Crippen LogP contribution in [-0.4, -0.2) is 40.0 Å². The third kappa shape index (κ3) is 3.89. The normalized spacial score (nSPS) is 10.3. The molecule has 17 heavy (non-hydrogen) atoms. The number of aromatic nitrogens is 1. The molecule has 1 heterocycles. The molecule has 1 aromatic rings. The Morgan fingerprint density at radius 1 is 1.53 bits per heavy atom. The summed E-state index contributed by atoms with van der Waals surface area (Å²) in [6.45, 7) is 0.438. The molecule has 0 radical (unpaired) electrons. The van der Waals surface area contributed by atoms with Gasteiger partial charge in [-0.15, -0.1) is 0 Å². The van der Waals surface area contributed by atoms with Crippen molar-refractivity contribution in [2.75, 3.05) is 13.6 Å². The first-order valence-corrected chi connectivity index (χ1v) is 6.00. The van der Waals surface area contributed by atoms with Crippen molar-refractivity contribution >= 4 is 27.8 Å². The van der Waals surface area contributed by atoms with E-state index in [0.29, 0.717) is 18.7 Å². The van der Waals surface area contributed by atoms with E-state index in [1.165, 1.54) is 4.90 Å². The van der Waals surface area contributed by atoms with Gasteiger partial charge in [-0.05, 0) is 28.4 Å². The number of rotatable bonds is 5. The summed E-state index contributed by atoms with van der Waals surface area (Å²) in [5.41, 5.74) is 0.578. The third-order valence-corrected chi connectivity index (χ3v) is 2.86. The minimum Gasteiger partial charge on any atom is -0.481 e. The molecule has 1 amide bonds. The van der Waals surface area contributed by atoms with Crippen molar-refractivity contribution < 1.29 is 14.7 Å². The van der Waals surface area contributed by atoms with Gasteiger partial charge in [0.2, 0.25) is 0 Å². The number of halogens is 1. The van der Waals surface area contributed by atoms with Crippen LogP contribution in [0.4, 0.5) is 0 Å². The van der Waals surface area contributed by atoms with Crippen LogP contribution < -0.4 is 0 Å². The highest BCUT2D eigenvalue weighted by atomic mass is 79.9. The molecule has 0 aliphatic carbocycles. The Labute approximate surface area is 108 Å². The summed E-state index contributed by atoms with van der Waals surface area (Å²) in [5.74, 6) is -0.948. The van der Waals surface area contributed by atoms with Gasteiger partial charge >= 0.3 is 5.97 Å². The summed E-state index contributed by atoms with van der Waals surface area (Å²) in [6, 6.07) is 1.75. The Hall–Kier alpha value is -1.30. The number of nitrogens with zero attached hydrogens (tertiary/aromatic N) is 2. The number of hydrogen-bond acceptors (Lipinski definition) is 2. The van der Waals surface area contributed by atoms with Gasteiger partial charge in [0.25, 0.3) is 5.91 Å². The largest absolute Gasteiger partial charge is 0.481 e. The van der Waals surface area contributed by atoms with Crippen LogP contribution in [0.1, 0.15) is 23.3 Å². The highest BCUT2D eigenvalue weighted by Gasteiger charge is 2.15. The van der Waals surface area contributed by atoms with Gasteiger partial charge in [0.1, 0.15) is 5.69 Å². The van der Waals surface area contributed by atoms with Gasteiger partial charge in [-0.3, -0.25) is 9.59 Å². The third-order valence-electron chi connectivity index (χ3n) is 2.42. The molecule has 0 aliphatic heterocycles. The summed E-state index contributed by atoms with van der Waals surface area (Å²) >= 11 is 3.30. The van der Waals surface area contributed by atoms with Crippen molar-refractivity contribution in [1.29, 1.82) is 0 Å². The molecule has 0 fully saturated rings. The summed E-state index contributed by atoms with van der Waals surface area (Å²) in [5, 5.41) is 8.52. The number of carboxylic acids is 1. The topological polar surface area (TPSA) is 62.5 Å². The molecule has 1 rings (SSSR count). The SMILES string of the molecule is CN(CCCC(=O)O)C(=O)c1cc(Br)cn1C. The molecule has 1 N–H and O–H groups in total. The molecular weight excluding hydrogens is 288 g/mol.